The highest BCUT2D eigenvalue weighted by atomic mass is 16.4. The second-order valence-corrected chi connectivity index (χ2v) is 5.33. The van der Waals surface area contributed by atoms with E-state index in [1.807, 2.05) is 22.9 Å². The second kappa shape index (κ2) is 5.55. The maximum absolute atomic E-state index is 10.9. The molecule has 0 amide bonds. The summed E-state index contributed by atoms with van der Waals surface area (Å²) in [6.45, 7) is 4.54. The fourth-order valence-corrected chi connectivity index (χ4v) is 2.61. The molecule has 0 saturated carbocycles. The van der Waals surface area contributed by atoms with Crippen molar-refractivity contribution in [3.8, 4) is 0 Å². The van der Waals surface area contributed by atoms with Crippen molar-refractivity contribution in [2.24, 2.45) is 0 Å². The third-order valence-electron chi connectivity index (χ3n) is 3.79. The maximum Gasteiger partial charge on any atom is 0.356 e. The lowest BCUT2D eigenvalue weighted by Crippen LogP contribution is -2.18. The molecule has 3 rings (SSSR count). The van der Waals surface area contributed by atoms with Gasteiger partial charge in [0.25, 0.3) is 0 Å². The molecule has 2 aromatic heterocycles. The minimum Gasteiger partial charge on any atom is -0.476 e. The topological polar surface area (TPSA) is 71.2 Å². The summed E-state index contributed by atoms with van der Waals surface area (Å²) in [7, 11) is 0. The first-order valence-corrected chi connectivity index (χ1v) is 7.10. The number of nitrogens with zero attached hydrogens (tertiary/aromatic N) is 4. The van der Waals surface area contributed by atoms with Gasteiger partial charge < -0.3 is 14.6 Å². The van der Waals surface area contributed by atoms with E-state index >= 15 is 0 Å². The van der Waals surface area contributed by atoms with Crippen LogP contribution >= 0.6 is 0 Å². The molecule has 0 atom stereocenters. The van der Waals surface area contributed by atoms with Crippen molar-refractivity contribution in [3.63, 3.8) is 0 Å². The number of carbonyl (C=O) groups is 1. The highest BCUT2D eigenvalue weighted by Crippen LogP contribution is 2.18. The Labute approximate surface area is 123 Å². The standard InChI is InChI=1S/C15H18N4O2/c1-11-17-13(15(20)21)10-19(11)9-12-4-5-14(16-8-12)18-6-2-3-7-18/h4-5,8,10H,2-3,6-7,9H2,1H3,(H,20,21). The third kappa shape index (κ3) is 2.89. The average molecular weight is 286 g/mol. The minimum atomic E-state index is -1.00. The summed E-state index contributed by atoms with van der Waals surface area (Å²) in [5.41, 5.74) is 1.12. The summed E-state index contributed by atoms with van der Waals surface area (Å²) in [4.78, 5) is 21.7. The summed E-state index contributed by atoms with van der Waals surface area (Å²) in [6.07, 6.45) is 5.88. The Morgan fingerprint density at radius 1 is 1.33 bits per heavy atom. The van der Waals surface area contributed by atoms with E-state index in [-0.39, 0.29) is 5.69 Å². The average Bonchev–Trinajstić information content (AvgIpc) is 3.10. The van der Waals surface area contributed by atoms with Crippen LogP contribution in [0.1, 0.15) is 34.7 Å². The van der Waals surface area contributed by atoms with E-state index in [1.54, 1.807) is 13.1 Å². The van der Waals surface area contributed by atoms with E-state index in [9.17, 15) is 4.79 Å². The Hall–Kier alpha value is -2.37. The van der Waals surface area contributed by atoms with E-state index in [0.29, 0.717) is 12.4 Å². The van der Waals surface area contributed by atoms with Gasteiger partial charge in [0, 0.05) is 25.5 Å². The number of rotatable bonds is 4. The number of carboxylic acid groups (broad SMARTS) is 1. The molecule has 6 heteroatoms. The number of aromatic nitrogens is 3. The largest absolute Gasteiger partial charge is 0.476 e. The smallest absolute Gasteiger partial charge is 0.356 e. The summed E-state index contributed by atoms with van der Waals surface area (Å²) >= 11 is 0. The molecule has 110 valence electrons. The van der Waals surface area contributed by atoms with Gasteiger partial charge in [-0.1, -0.05) is 6.07 Å². The van der Waals surface area contributed by atoms with Gasteiger partial charge in [-0.05, 0) is 31.4 Å². The number of imidazole rings is 1. The molecule has 0 aliphatic carbocycles. The lowest BCUT2D eigenvalue weighted by Gasteiger charge is -2.16. The normalized spacial score (nSPS) is 14.6. The summed E-state index contributed by atoms with van der Waals surface area (Å²) in [5.74, 6) is 0.709. The van der Waals surface area contributed by atoms with Gasteiger partial charge in [-0.3, -0.25) is 0 Å². The van der Waals surface area contributed by atoms with Gasteiger partial charge >= 0.3 is 5.97 Å². The number of carboxylic acids is 1. The second-order valence-electron chi connectivity index (χ2n) is 5.33. The molecular weight excluding hydrogens is 268 g/mol. The van der Waals surface area contributed by atoms with Crippen LogP contribution in [0.4, 0.5) is 5.82 Å². The van der Waals surface area contributed by atoms with Gasteiger partial charge in [0.2, 0.25) is 0 Å². The molecule has 1 fully saturated rings. The predicted molar refractivity (Wildman–Crippen MR) is 78.7 cm³/mol. The number of aromatic carboxylic acids is 1. The summed E-state index contributed by atoms with van der Waals surface area (Å²) < 4.78 is 1.83. The summed E-state index contributed by atoms with van der Waals surface area (Å²) in [6, 6.07) is 4.07. The maximum atomic E-state index is 10.9. The van der Waals surface area contributed by atoms with E-state index in [0.717, 1.165) is 24.5 Å². The molecule has 0 bridgehead atoms. The van der Waals surface area contributed by atoms with Gasteiger partial charge in [0.15, 0.2) is 5.69 Å². The minimum absolute atomic E-state index is 0.0779. The number of anilines is 1. The zero-order valence-corrected chi connectivity index (χ0v) is 12.0. The van der Waals surface area contributed by atoms with Crippen molar-refractivity contribution in [3.05, 3.63) is 41.6 Å². The van der Waals surface area contributed by atoms with Crippen LogP contribution in [0, 0.1) is 6.92 Å². The molecule has 6 nitrogen and oxygen atoms in total. The molecular formula is C15H18N4O2. The first-order valence-electron chi connectivity index (χ1n) is 7.10. The Morgan fingerprint density at radius 3 is 2.67 bits per heavy atom. The first kappa shape index (κ1) is 13.6. The third-order valence-corrected chi connectivity index (χ3v) is 3.79. The quantitative estimate of drug-likeness (QED) is 0.930. The highest BCUT2D eigenvalue weighted by Gasteiger charge is 2.14. The van der Waals surface area contributed by atoms with Gasteiger partial charge in [0.05, 0.1) is 6.54 Å². The fraction of sp³-hybridized carbons (Fsp3) is 0.400. The molecule has 1 saturated heterocycles. The first-order chi connectivity index (χ1) is 10.1. The van der Waals surface area contributed by atoms with Crippen LogP contribution in [0.2, 0.25) is 0 Å². The lowest BCUT2D eigenvalue weighted by molar-refractivity contribution is 0.0691. The number of hydrogen-bond acceptors (Lipinski definition) is 4. The molecule has 0 unspecified atom stereocenters. The number of aryl methyl sites for hydroxylation is 1. The van der Waals surface area contributed by atoms with Gasteiger partial charge in [0.1, 0.15) is 11.6 Å². The van der Waals surface area contributed by atoms with E-state index in [2.05, 4.69) is 14.9 Å². The Bertz CT molecular complexity index is 642. The number of pyridine rings is 1. The molecule has 1 N–H and O–H groups in total. The van der Waals surface area contributed by atoms with Crippen molar-refractivity contribution in [1.29, 1.82) is 0 Å². The van der Waals surface area contributed by atoms with Crippen molar-refractivity contribution >= 4 is 11.8 Å². The molecule has 1 aliphatic rings. The van der Waals surface area contributed by atoms with E-state index < -0.39 is 5.97 Å². The van der Waals surface area contributed by atoms with Crippen LogP contribution in [0.5, 0.6) is 0 Å². The molecule has 0 spiro atoms. The molecule has 2 aromatic rings. The van der Waals surface area contributed by atoms with Gasteiger partial charge in [-0.2, -0.15) is 0 Å². The van der Waals surface area contributed by atoms with Crippen LogP contribution in [-0.4, -0.2) is 38.7 Å². The Morgan fingerprint density at radius 2 is 2.10 bits per heavy atom. The van der Waals surface area contributed by atoms with E-state index in [1.165, 1.54) is 12.8 Å². The monoisotopic (exact) mass is 286 g/mol. The zero-order valence-electron chi connectivity index (χ0n) is 12.0. The van der Waals surface area contributed by atoms with Crippen molar-refractivity contribution in [1.82, 2.24) is 14.5 Å². The van der Waals surface area contributed by atoms with Crippen LogP contribution in [-0.2, 0) is 6.54 Å². The van der Waals surface area contributed by atoms with Gasteiger partial charge in [-0.15, -0.1) is 0 Å². The van der Waals surface area contributed by atoms with Crippen LogP contribution in [0.25, 0.3) is 0 Å². The van der Waals surface area contributed by atoms with Crippen LogP contribution in [0.3, 0.4) is 0 Å². The SMILES string of the molecule is Cc1nc(C(=O)O)cn1Cc1ccc(N2CCCC2)nc1. The lowest BCUT2D eigenvalue weighted by atomic mass is 10.2. The summed E-state index contributed by atoms with van der Waals surface area (Å²) in [5, 5.41) is 8.95. The zero-order chi connectivity index (χ0) is 14.8. The number of hydrogen-bond donors (Lipinski definition) is 1. The van der Waals surface area contributed by atoms with Gasteiger partial charge in [-0.25, -0.2) is 14.8 Å². The predicted octanol–water partition coefficient (Wildman–Crippen LogP) is 1.93. The molecule has 21 heavy (non-hydrogen) atoms. The molecule has 0 aromatic carbocycles. The molecule has 1 aliphatic heterocycles. The molecule has 3 heterocycles. The Kier molecular flexibility index (Phi) is 3.60. The van der Waals surface area contributed by atoms with E-state index in [4.69, 9.17) is 5.11 Å². The fourth-order valence-electron chi connectivity index (χ4n) is 2.61. The van der Waals surface area contributed by atoms with Crippen molar-refractivity contribution in [2.45, 2.75) is 26.3 Å². The van der Waals surface area contributed by atoms with Crippen LogP contribution in [0.15, 0.2) is 24.5 Å². The Balaban J connectivity index is 1.74. The molecule has 0 radical (unpaired) electrons. The van der Waals surface area contributed by atoms with Crippen molar-refractivity contribution in [2.75, 3.05) is 18.0 Å². The van der Waals surface area contributed by atoms with Crippen LogP contribution < -0.4 is 4.90 Å². The van der Waals surface area contributed by atoms with Crippen molar-refractivity contribution < 1.29 is 9.90 Å². The highest BCUT2D eigenvalue weighted by molar-refractivity contribution is 5.85.